The molecular weight excluding hydrogens is 282 g/mol. The van der Waals surface area contributed by atoms with Crippen LogP contribution in [0, 0.1) is 6.92 Å². The predicted octanol–water partition coefficient (Wildman–Crippen LogP) is 0.626. The lowest BCUT2D eigenvalue weighted by atomic mass is 10.3. The first kappa shape index (κ1) is 14.9. The van der Waals surface area contributed by atoms with Crippen LogP contribution in [0.5, 0.6) is 5.75 Å². The molecule has 2 atom stereocenters. The van der Waals surface area contributed by atoms with Crippen molar-refractivity contribution in [2.45, 2.75) is 39.1 Å². The Hall–Kier alpha value is -1.99. The van der Waals surface area contributed by atoms with E-state index in [9.17, 15) is 5.11 Å². The molecule has 2 aromatic heterocycles. The fourth-order valence-corrected chi connectivity index (χ4v) is 2.59. The van der Waals surface area contributed by atoms with E-state index in [1.165, 1.54) is 0 Å². The van der Waals surface area contributed by atoms with Crippen molar-refractivity contribution in [1.29, 1.82) is 0 Å². The van der Waals surface area contributed by atoms with Crippen LogP contribution in [-0.4, -0.2) is 55.1 Å². The van der Waals surface area contributed by atoms with Crippen molar-refractivity contribution in [1.82, 2.24) is 24.6 Å². The highest BCUT2D eigenvalue weighted by Gasteiger charge is 2.33. The second-order valence-corrected chi connectivity index (χ2v) is 5.59. The summed E-state index contributed by atoms with van der Waals surface area (Å²) in [5, 5.41) is 14.4. The Kier molecular flexibility index (Phi) is 4.35. The lowest BCUT2D eigenvalue weighted by Gasteiger charge is -2.16. The zero-order valence-electron chi connectivity index (χ0n) is 12.9. The highest BCUT2D eigenvalue weighted by atomic mass is 16.5. The van der Waals surface area contributed by atoms with Gasteiger partial charge < -0.3 is 9.84 Å². The maximum absolute atomic E-state index is 10.2. The second kappa shape index (κ2) is 6.41. The number of β-amino-alcohol motifs (C(OH)–C–C–N with tert-alkyl or cyclic N) is 1. The maximum atomic E-state index is 10.2. The van der Waals surface area contributed by atoms with E-state index in [1.807, 2.05) is 32.4 Å². The summed E-state index contributed by atoms with van der Waals surface area (Å²) in [6.45, 7) is 6.66. The van der Waals surface area contributed by atoms with Crippen LogP contribution < -0.4 is 4.74 Å². The summed E-state index contributed by atoms with van der Waals surface area (Å²) >= 11 is 0. The summed E-state index contributed by atoms with van der Waals surface area (Å²) in [6, 6.07) is 0. The molecule has 0 saturated carbocycles. The molecule has 1 N–H and O–H groups in total. The number of aliphatic hydroxyl groups excluding tert-OH is 1. The molecular formula is C15H21N5O2. The third-order valence-corrected chi connectivity index (χ3v) is 3.77. The van der Waals surface area contributed by atoms with E-state index in [1.54, 1.807) is 10.9 Å². The third-order valence-electron chi connectivity index (χ3n) is 3.77. The van der Waals surface area contributed by atoms with Gasteiger partial charge in [0.15, 0.2) is 5.75 Å². The van der Waals surface area contributed by atoms with Crippen molar-refractivity contribution in [3.63, 3.8) is 0 Å². The largest absolute Gasteiger partial charge is 0.483 e. The lowest BCUT2D eigenvalue weighted by molar-refractivity contribution is 0.0736. The number of ether oxygens (including phenoxy) is 1. The van der Waals surface area contributed by atoms with Gasteiger partial charge in [-0.3, -0.25) is 9.58 Å². The highest BCUT2D eigenvalue weighted by molar-refractivity contribution is 5.13. The summed E-state index contributed by atoms with van der Waals surface area (Å²) < 4.78 is 7.65. The fourth-order valence-electron chi connectivity index (χ4n) is 2.59. The number of rotatable bonds is 5. The van der Waals surface area contributed by atoms with Crippen molar-refractivity contribution < 1.29 is 9.84 Å². The molecule has 7 heteroatoms. The molecule has 118 valence electrons. The molecule has 1 aliphatic rings. The second-order valence-electron chi connectivity index (χ2n) is 5.59. The van der Waals surface area contributed by atoms with Gasteiger partial charge in [0, 0.05) is 44.1 Å². The van der Waals surface area contributed by atoms with Crippen LogP contribution in [0.15, 0.2) is 24.8 Å². The van der Waals surface area contributed by atoms with Gasteiger partial charge in [0.2, 0.25) is 0 Å². The Morgan fingerprint density at radius 3 is 2.73 bits per heavy atom. The molecule has 0 unspecified atom stereocenters. The van der Waals surface area contributed by atoms with Gasteiger partial charge in [-0.15, -0.1) is 0 Å². The Bertz CT molecular complexity index is 613. The topological polar surface area (TPSA) is 76.3 Å². The van der Waals surface area contributed by atoms with E-state index in [4.69, 9.17) is 4.74 Å². The molecule has 3 heterocycles. The third kappa shape index (κ3) is 3.42. The van der Waals surface area contributed by atoms with E-state index >= 15 is 0 Å². The maximum Gasteiger partial charge on any atom is 0.157 e. The van der Waals surface area contributed by atoms with Crippen molar-refractivity contribution in [3.05, 3.63) is 36.2 Å². The molecule has 1 fully saturated rings. The molecule has 7 nitrogen and oxygen atoms in total. The zero-order chi connectivity index (χ0) is 15.5. The monoisotopic (exact) mass is 303 g/mol. The number of aliphatic hydroxyl groups is 1. The van der Waals surface area contributed by atoms with E-state index < -0.39 is 6.10 Å². The van der Waals surface area contributed by atoms with Gasteiger partial charge in [-0.1, -0.05) is 0 Å². The van der Waals surface area contributed by atoms with Crippen molar-refractivity contribution >= 4 is 0 Å². The normalized spacial score (nSPS) is 22.1. The summed E-state index contributed by atoms with van der Waals surface area (Å²) in [4.78, 5) is 10.5. The summed E-state index contributed by atoms with van der Waals surface area (Å²) in [5.41, 5.74) is 1.04. The molecule has 0 radical (unpaired) electrons. The predicted molar refractivity (Wildman–Crippen MR) is 80.4 cm³/mol. The quantitative estimate of drug-likeness (QED) is 0.873. The molecule has 1 aliphatic heterocycles. The average molecular weight is 303 g/mol. The molecule has 0 aliphatic carbocycles. The van der Waals surface area contributed by atoms with Crippen molar-refractivity contribution in [2.24, 2.45) is 0 Å². The first-order valence-electron chi connectivity index (χ1n) is 7.51. The Labute approximate surface area is 129 Å². The first-order valence-corrected chi connectivity index (χ1v) is 7.51. The average Bonchev–Trinajstić information content (AvgIpc) is 3.09. The van der Waals surface area contributed by atoms with Crippen LogP contribution in [0.2, 0.25) is 0 Å². The molecule has 3 rings (SSSR count). The van der Waals surface area contributed by atoms with E-state index in [2.05, 4.69) is 20.0 Å². The zero-order valence-corrected chi connectivity index (χ0v) is 12.9. The molecule has 0 spiro atoms. The summed E-state index contributed by atoms with van der Waals surface area (Å²) in [6.07, 6.45) is 6.45. The Balaban J connectivity index is 1.58. The van der Waals surface area contributed by atoms with Gasteiger partial charge in [0.05, 0.1) is 12.4 Å². The van der Waals surface area contributed by atoms with Crippen molar-refractivity contribution in [3.8, 4) is 5.75 Å². The summed E-state index contributed by atoms with van der Waals surface area (Å²) in [5.74, 6) is 1.46. The van der Waals surface area contributed by atoms with Crippen LogP contribution in [0.4, 0.5) is 0 Å². The van der Waals surface area contributed by atoms with Crippen LogP contribution in [-0.2, 0) is 13.1 Å². The number of aromatic nitrogens is 4. The number of hydrogen-bond acceptors (Lipinski definition) is 6. The minimum absolute atomic E-state index is 0.235. The molecule has 0 bridgehead atoms. The van der Waals surface area contributed by atoms with Crippen LogP contribution in [0.1, 0.15) is 18.3 Å². The Morgan fingerprint density at radius 2 is 2.05 bits per heavy atom. The molecule has 0 aromatic carbocycles. The van der Waals surface area contributed by atoms with Crippen LogP contribution >= 0.6 is 0 Å². The molecule has 0 amide bonds. The summed E-state index contributed by atoms with van der Waals surface area (Å²) in [7, 11) is 0. The first-order chi connectivity index (χ1) is 10.6. The van der Waals surface area contributed by atoms with Gasteiger partial charge in [-0.2, -0.15) is 5.10 Å². The highest BCUT2D eigenvalue weighted by Crippen LogP contribution is 2.19. The van der Waals surface area contributed by atoms with Crippen LogP contribution in [0.25, 0.3) is 0 Å². The van der Waals surface area contributed by atoms with Crippen molar-refractivity contribution in [2.75, 3.05) is 13.1 Å². The van der Waals surface area contributed by atoms with Gasteiger partial charge in [-0.25, -0.2) is 9.97 Å². The number of hydrogen-bond donors (Lipinski definition) is 1. The smallest absolute Gasteiger partial charge is 0.157 e. The minimum Gasteiger partial charge on any atom is -0.483 e. The van der Waals surface area contributed by atoms with Gasteiger partial charge in [0.1, 0.15) is 18.0 Å². The number of likely N-dealkylation sites (tertiary alicyclic amines) is 1. The minimum atomic E-state index is -0.503. The SMILES string of the molecule is CCn1cc(O[C@@H]2CN(Cc3cnc(C)nc3)C[C@H]2O)cn1. The van der Waals surface area contributed by atoms with E-state index in [0.29, 0.717) is 25.4 Å². The van der Waals surface area contributed by atoms with Gasteiger partial charge >= 0.3 is 0 Å². The van der Waals surface area contributed by atoms with E-state index in [-0.39, 0.29) is 6.10 Å². The van der Waals surface area contributed by atoms with Gasteiger partial charge in [0.25, 0.3) is 0 Å². The standard InChI is InChI=1S/C15H21N5O2/c1-3-20-8-13(6-18-20)22-15-10-19(9-14(15)21)7-12-4-16-11(2)17-5-12/h4-6,8,14-15,21H,3,7,9-10H2,1-2H3/t14-,15-/m1/s1. The lowest BCUT2D eigenvalue weighted by Crippen LogP contribution is -2.29. The number of nitrogens with zero attached hydrogens (tertiary/aromatic N) is 5. The fraction of sp³-hybridized carbons (Fsp3) is 0.533. The number of aryl methyl sites for hydroxylation is 2. The Morgan fingerprint density at radius 1 is 1.27 bits per heavy atom. The van der Waals surface area contributed by atoms with Gasteiger partial charge in [-0.05, 0) is 13.8 Å². The molecule has 2 aromatic rings. The molecule has 22 heavy (non-hydrogen) atoms. The molecule has 1 saturated heterocycles. The van der Waals surface area contributed by atoms with E-state index in [0.717, 1.165) is 17.9 Å². The van der Waals surface area contributed by atoms with Crippen LogP contribution in [0.3, 0.4) is 0 Å².